The van der Waals surface area contributed by atoms with Gasteiger partial charge in [0.05, 0.1) is 16.7 Å². The van der Waals surface area contributed by atoms with Gasteiger partial charge in [0.25, 0.3) is 0 Å². The van der Waals surface area contributed by atoms with Crippen LogP contribution in [0.15, 0.2) is 12.1 Å². The summed E-state index contributed by atoms with van der Waals surface area (Å²) < 4.78 is 37.2. The Labute approximate surface area is 89.3 Å². The molecular formula is C10H7F3N2O. The highest BCUT2D eigenvalue weighted by Crippen LogP contribution is 2.31. The molecule has 16 heavy (non-hydrogen) atoms. The van der Waals surface area contributed by atoms with E-state index in [0.717, 1.165) is 6.07 Å². The van der Waals surface area contributed by atoms with E-state index in [1.165, 1.54) is 6.92 Å². The minimum Gasteiger partial charge on any atom is -0.366 e. The highest BCUT2D eigenvalue weighted by Gasteiger charge is 2.32. The number of nitriles is 1. The summed E-state index contributed by atoms with van der Waals surface area (Å²) in [6.45, 7) is 1.32. The van der Waals surface area contributed by atoms with Gasteiger partial charge < -0.3 is 5.73 Å². The predicted molar refractivity (Wildman–Crippen MR) is 49.4 cm³/mol. The number of rotatable bonds is 1. The molecule has 0 bridgehead atoms. The maximum absolute atomic E-state index is 12.4. The van der Waals surface area contributed by atoms with Crippen molar-refractivity contribution in [3.63, 3.8) is 0 Å². The third-order valence-corrected chi connectivity index (χ3v) is 2.04. The van der Waals surface area contributed by atoms with Gasteiger partial charge in [-0.15, -0.1) is 0 Å². The molecule has 0 aliphatic rings. The number of hydrogen-bond donors (Lipinski definition) is 1. The molecule has 0 aliphatic heterocycles. The normalized spacial score (nSPS) is 10.9. The largest absolute Gasteiger partial charge is 0.416 e. The number of carbonyl (C=O) groups excluding carboxylic acids is 1. The second kappa shape index (κ2) is 3.85. The van der Waals surface area contributed by atoms with Crippen LogP contribution in [-0.4, -0.2) is 5.91 Å². The molecule has 1 aromatic rings. The van der Waals surface area contributed by atoms with Gasteiger partial charge in [0.15, 0.2) is 0 Å². The maximum atomic E-state index is 12.4. The fourth-order valence-electron chi connectivity index (χ4n) is 1.29. The Morgan fingerprint density at radius 1 is 1.44 bits per heavy atom. The first-order valence-electron chi connectivity index (χ1n) is 4.19. The van der Waals surface area contributed by atoms with E-state index in [0.29, 0.717) is 6.07 Å². The van der Waals surface area contributed by atoms with E-state index in [9.17, 15) is 18.0 Å². The van der Waals surface area contributed by atoms with Crippen LogP contribution in [0.1, 0.15) is 27.0 Å². The van der Waals surface area contributed by atoms with Crippen molar-refractivity contribution in [3.8, 4) is 6.07 Å². The van der Waals surface area contributed by atoms with Crippen molar-refractivity contribution in [2.75, 3.05) is 0 Å². The first kappa shape index (κ1) is 12.0. The zero-order chi connectivity index (χ0) is 12.5. The van der Waals surface area contributed by atoms with Crippen molar-refractivity contribution < 1.29 is 18.0 Å². The van der Waals surface area contributed by atoms with Gasteiger partial charge in [-0.05, 0) is 24.6 Å². The topological polar surface area (TPSA) is 66.9 Å². The summed E-state index contributed by atoms with van der Waals surface area (Å²) in [4.78, 5) is 10.9. The average Bonchev–Trinajstić information content (AvgIpc) is 2.14. The van der Waals surface area contributed by atoms with Crippen molar-refractivity contribution >= 4 is 5.91 Å². The SMILES string of the molecule is Cc1cc(C(F)(F)F)cc(C(N)=O)c1C#N. The zero-order valence-electron chi connectivity index (χ0n) is 8.22. The molecule has 0 heterocycles. The van der Waals surface area contributed by atoms with Crippen LogP contribution in [0.2, 0.25) is 0 Å². The van der Waals surface area contributed by atoms with E-state index in [-0.39, 0.29) is 11.1 Å². The fraction of sp³-hybridized carbons (Fsp3) is 0.200. The molecule has 0 fully saturated rings. The Hall–Kier alpha value is -2.03. The van der Waals surface area contributed by atoms with Gasteiger partial charge in [-0.25, -0.2) is 0 Å². The molecule has 0 spiro atoms. The van der Waals surface area contributed by atoms with E-state index in [1.54, 1.807) is 6.07 Å². The van der Waals surface area contributed by atoms with Gasteiger partial charge in [-0.3, -0.25) is 4.79 Å². The Balaban J connectivity index is 3.54. The van der Waals surface area contributed by atoms with Crippen molar-refractivity contribution in [2.45, 2.75) is 13.1 Å². The van der Waals surface area contributed by atoms with Crippen molar-refractivity contribution in [1.82, 2.24) is 0 Å². The number of alkyl halides is 3. The third-order valence-electron chi connectivity index (χ3n) is 2.04. The highest BCUT2D eigenvalue weighted by atomic mass is 19.4. The Morgan fingerprint density at radius 3 is 2.38 bits per heavy atom. The monoisotopic (exact) mass is 228 g/mol. The van der Waals surface area contributed by atoms with Crippen LogP contribution in [0.4, 0.5) is 13.2 Å². The minimum atomic E-state index is -4.57. The summed E-state index contributed by atoms with van der Waals surface area (Å²) in [7, 11) is 0. The minimum absolute atomic E-state index is 0.0751. The Bertz CT molecular complexity index is 486. The molecule has 0 atom stereocenters. The number of amides is 1. The van der Waals surface area contributed by atoms with Crippen molar-refractivity contribution in [1.29, 1.82) is 5.26 Å². The number of aryl methyl sites for hydroxylation is 1. The lowest BCUT2D eigenvalue weighted by Crippen LogP contribution is -2.16. The molecule has 84 valence electrons. The summed E-state index contributed by atoms with van der Waals surface area (Å²) in [6, 6.07) is 3.06. The van der Waals surface area contributed by atoms with Crippen LogP contribution in [0.25, 0.3) is 0 Å². The van der Waals surface area contributed by atoms with E-state index >= 15 is 0 Å². The van der Waals surface area contributed by atoms with Gasteiger partial charge in [-0.1, -0.05) is 0 Å². The molecule has 0 aromatic heterocycles. The van der Waals surface area contributed by atoms with Gasteiger partial charge >= 0.3 is 6.18 Å². The molecule has 0 radical (unpaired) electrons. The van der Waals surface area contributed by atoms with Crippen LogP contribution in [0.5, 0.6) is 0 Å². The lowest BCUT2D eigenvalue weighted by Gasteiger charge is -2.10. The van der Waals surface area contributed by atoms with Gasteiger partial charge in [-0.2, -0.15) is 18.4 Å². The molecule has 1 amide bonds. The molecule has 3 nitrogen and oxygen atoms in total. The first-order chi connectivity index (χ1) is 7.27. The predicted octanol–water partition coefficient (Wildman–Crippen LogP) is 1.98. The molecular weight excluding hydrogens is 221 g/mol. The Morgan fingerprint density at radius 2 is 2.00 bits per heavy atom. The average molecular weight is 228 g/mol. The lowest BCUT2D eigenvalue weighted by molar-refractivity contribution is -0.137. The number of nitrogens with two attached hydrogens (primary N) is 1. The molecule has 1 aromatic carbocycles. The molecule has 6 heteroatoms. The number of nitrogens with zero attached hydrogens (tertiary/aromatic N) is 1. The molecule has 0 saturated heterocycles. The van der Waals surface area contributed by atoms with Gasteiger partial charge in [0, 0.05) is 0 Å². The number of primary amides is 1. The summed E-state index contributed by atoms with van der Waals surface area (Å²) in [5.74, 6) is -1.05. The molecule has 0 unspecified atom stereocenters. The fourth-order valence-corrected chi connectivity index (χ4v) is 1.29. The summed E-state index contributed by atoms with van der Waals surface area (Å²) in [5.41, 5.74) is 3.47. The second-order valence-corrected chi connectivity index (χ2v) is 3.19. The van der Waals surface area contributed by atoms with Crippen LogP contribution < -0.4 is 5.73 Å². The standard InChI is InChI=1S/C10H7F3N2O/c1-5-2-6(10(11,12)13)3-7(9(15)16)8(5)4-14/h2-3H,1H3,(H2,15,16). The third kappa shape index (κ3) is 2.14. The van der Waals surface area contributed by atoms with E-state index in [2.05, 4.69) is 0 Å². The molecule has 1 rings (SSSR count). The quantitative estimate of drug-likeness (QED) is 0.798. The zero-order valence-corrected chi connectivity index (χ0v) is 8.22. The number of carbonyl (C=O) groups is 1. The van der Waals surface area contributed by atoms with Crippen LogP contribution in [-0.2, 0) is 6.18 Å². The van der Waals surface area contributed by atoms with E-state index in [1.807, 2.05) is 0 Å². The summed E-state index contributed by atoms with van der Waals surface area (Å²) in [5, 5.41) is 8.70. The highest BCUT2D eigenvalue weighted by molar-refractivity contribution is 5.96. The molecule has 2 N–H and O–H groups in total. The van der Waals surface area contributed by atoms with E-state index in [4.69, 9.17) is 11.0 Å². The molecule has 0 aliphatic carbocycles. The van der Waals surface area contributed by atoms with Crippen molar-refractivity contribution in [2.24, 2.45) is 5.73 Å². The van der Waals surface area contributed by atoms with Gasteiger partial charge in [0.1, 0.15) is 6.07 Å². The van der Waals surface area contributed by atoms with Crippen LogP contribution >= 0.6 is 0 Å². The summed E-state index contributed by atoms with van der Waals surface area (Å²) >= 11 is 0. The smallest absolute Gasteiger partial charge is 0.366 e. The van der Waals surface area contributed by atoms with Crippen molar-refractivity contribution in [3.05, 3.63) is 34.4 Å². The summed E-state index contributed by atoms with van der Waals surface area (Å²) in [6.07, 6.45) is -4.57. The number of hydrogen-bond acceptors (Lipinski definition) is 2. The number of benzene rings is 1. The second-order valence-electron chi connectivity index (χ2n) is 3.19. The molecule has 0 saturated carbocycles. The number of halogens is 3. The lowest BCUT2D eigenvalue weighted by atomic mass is 9.98. The van der Waals surface area contributed by atoms with Crippen LogP contribution in [0.3, 0.4) is 0 Å². The van der Waals surface area contributed by atoms with E-state index < -0.39 is 23.2 Å². The Kier molecular flexibility index (Phi) is 2.90. The van der Waals surface area contributed by atoms with Gasteiger partial charge in [0.2, 0.25) is 5.91 Å². The first-order valence-corrected chi connectivity index (χ1v) is 4.19. The maximum Gasteiger partial charge on any atom is 0.416 e. The van der Waals surface area contributed by atoms with Crippen LogP contribution in [0, 0.1) is 18.3 Å².